The van der Waals surface area contributed by atoms with Crippen molar-refractivity contribution in [3.8, 4) is 23.0 Å². The molecule has 8 aromatic carbocycles. The second kappa shape index (κ2) is 12.3. The first-order valence-electron chi connectivity index (χ1n) is 18.5. The van der Waals surface area contributed by atoms with Crippen molar-refractivity contribution < 1.29 is 17.9 Å². The molecule has 0 aromatic heterocycles. The summed E-state index contributed by atoms with van der Waals surface area (Å²) in [6.07, 6.45) is 0. The number of benzene rings is 8. The highest BCUT2D eigenvalue weighted by atomic mass is 32.2. The first-order chi connectivity index (χ1) is 27.5. The summed E-state index contributed by atoms with van der Waals surface area (Å²) in [4.78, 5) is 4.82. The quantitative estimate of drug-likeness (QED) is 0.167. The molecule has 0 atom stereocenters. The highest BCUT2D eigenvalue weighted by Crippen LogP contribution is 2.52. The number of ether oxygens (including phenoxy) is 2. The van der Waals surface area contributed by atoms with E-state index in [4.69, 9.17) is 9.47 Å². The van der Waals surface area contributed by atoms with Crippen LogP contribution in [0.3, 0.4) is 0 Å². The van der Waals surface area contributed by atoms with E-state index in [1.165, 1.54) is 0 Å². The number of anilines is 6. The number of sulfone groups is 1. The zero-order chi connectivity index (χ0) is 37.4. The van der Waals surface area contributed by atoms with E-state index in [1.807, 2.05) is 121 Å². The van der Waals surface area contributed by atoms with Gasteiger partial charge in [-0.15, -0.1) is 0 Å². The molecule has 0 radical (unpaired) electrons. The van der Waals surface area contributed by atoms with Crippen molar-refractivity contribution in [2.24, 2.45) is 0 Å². The summed E-state index contributed by atoms with van der Waals surface area (Å²) in [7, 11) is -7.36. The van der Waals surface area contributed by atoms with E-state index in [1.54, 1.807) is 0 Å². The molecule has 0 N–H and O–H groups in total. The fraction of sp³-hybridized carbons (Fsp3) is 0. The largest absolute Gasteiger partial charge is 0.453 e. The molecule has 6 nitrogen and oxygen atoms in total. The maximum Gasteiger partial charge on any atom is 0.201 e. The first-order valence-corrected chi connectivity index (χ1v) is 22.0. The molecule has 3 aliphatic rings. The lowest BCUT2D eigenvalue weighted by Crippen LogP contribution is -2.77. The van der Waals surface area contributed by atoms with E-state index in [0.29, 0.717) is 32.8 Å². The van der Waals surface area contributed by atoms with E-state index >= 15 is 8.42 Å². The lowest BCUT2D eigenvalue weighted by Gasteiger charge is -2.51. The summed E-state index contributed by atoms with van der Waals surface area (Å²) in [5.74, 6) is 2.80. The summed E-state index contributed by atoms with van der Waals surface area (Å²) in [5.41, 5.74) is 4.80. The predicted octanol–water partition coefficient (Wildman–Crippen LogP) is 9.36. The first kappa shape index (κ1) is 32.5. The molecule has 0 fully saturated rings. The number of nitrogens with zero attached hydrogens (tertiary/aromatic N) is 2. The van der Waals surface area contributed by atoms with Crippen LogP contribution < -0.4 is 40.0 Å². The second-order valence-electron chi connectivity index (χ2n) is 14.1. The highest BCUT2D eigenvalue weighted by Gasteiger charge is 2.42. The van der Waals surface area contributed by atoms with Crippen molar-refractivity contribution in [1.82, 2.24) is 0 Å². The molecule has 0 bridgehead atoms. The lowest BCUT2D eigenvalue weighted by atomic mass is 10.1. The Kier molecular flexibility index (Phi) is 7.16. The number of rotatable bonds is 4. The summed E-state index contributed by atoms with van der Waals surface area (Å²) in [6.45, 7) is 0. The zero-order valence-electron chi connectivity index (χ0n) is 29.9. The molecule has 0 saturated carbocycles. The van der Waals surface area contributed by atoms with Gasteiger partial charge in [-0.3, -0.25) is 0 Å². The van der Waals surface area contributed by atoms with Crippen LogP contribution in [0.2, 0.25) is 0 Å². The van der Waals surface area contributed by atoms with Gasteiger partial charge in [0.25, 0.3) is 0 Å². The number of para-hydroxylation sites is 8. The van der Waals surface area contributed by atoms with Crippen LogP contribution in [0.25, 0.3) is 0 Å². The number of fused-ring (bicyclic) bond motifs is 6. The third-order valence-electron chi connectivity index (χ3n) is 11.1. The van der Waals surface area contributed by atoms with Crippen LogP contribution in [0.1, 0.15) is 0 Å². The Balaban J connectivity index is 1.21. The molecular formula is C48H32N2O4SSi-. The summed E-state index contributed by atoms with van der Waals surface area (Å²) in [5, 5.41) is 3.87. The number of hydrogen-bond acceptors (Lipinski definition) is 6. The topological polar surface area (TPSA) is 59.1 Å². The SMILES string of the molecule is O=S1(=O)c2cc(N3c4ccccc4Oc4ccccc43)ccc2[Si-](c2ccccc2)(c2ccccc2)c2ccc(N3c4ccccc4Oc4ccccc43)cc21. The van der Waals surface area contributed by atoms with Gasteiger partial charge in [0.2, 0.25) is 9.84 Å². The minimum Gasteiger partial charge on any atom is -0.453 e. The standard InChI is InChI=1S/C48H32N2O4SSi/c51-55(52)45-31-33(49-37-19-7-11-23-41(37)53-42-24-12-8-20-38(42)49)27-29-47(45)56(35-15-3-1-4-16-35,36-17-5-2-6-18-36)48-30-28-34(32-46(48)55)50-39-21-9-13-25-43(39)54-44-26-14-10-22-40(44)50/h1-32H/q-1. The monoisotopic (exact) mass is 760 g/mol. The molecule has 8 heteroatoms. The van der Waals surface area contributed by atoms with Gasteiger partial charge in [-0.25, -0.2) is 8.42 Å². The van der Waals surface area contributed by atoms with Crippen molar-refractivity contribution >= 4 is 72.8 Å². The Morgan fingerprint density at radius 3 is 1.05 bits per heavy atom. The van der Waals surface area contributed by atoms with Gasteiger partial charge in [0.1, 0.15) is 0 Å². The minimum atomic E-state index is -4.10. The van der Waals surface area contributed by atoms with Gasteiger partial charge in [-0.1, -0.05) is 121 Å². The van der Waals surface area contributed by atoms with Crippen LogP contribution in [0, 0.1) is 0 Å². The third-order valence-corrected chi connectivity index (χ3v) is 18.2. The minimum absolute atomic E-state index is 0.309. The van der Waals surface area contributed by atoms with Gasteiger partial charge in [0, 0.05) is 21.2 Å². The molecule has 0 saturated heterocycles. The average Bonchev–Trinajstić information content (AvgIpc) is 3.25. The molecule has 0 unspecified atom stereocenters. The lowest BCUT2D eigenvalue weighted by molar-refractivity contribution is 0.476. The van der Waals surface area contributed by atoms with Gasteiger partial charge >= 0.3 is 0 Å². The zero-order valence-corrected chi connectivity index (χ0v) is 31.7. The second-order valence-corrected chi connectivity index (χ2v) is 19.7. The predicted molar refractivity (Wildman–Crippen MR) is 225 cm³/mol. The van der Waals surface area contributed by atoms with Gasteiger partial charge in [-0.05, 0) is 80.9 Å². The Bertz CT molecular complexity index is 2690. The van der Waals surface area contributed by atoms with Gasteiger partial charge in [0.05, 0.1) is 22.7 Å². The maximum atomic E-state index is 15.6. The normalized spacial score (nSPS) is 15.1. The molecular weight excluding hydrogens is 729 g/mol. The average molecular weight is 761 g/mol. The summed E-state index contributed by atoms with van der Waals surface area (Å²) < 4.78 is 43.9. The molecule has 3 heterocycles. The molecule has 269 valence electrons. The van der Waals surface area contributed by atoms with Crippen LogP contribution in [-0.2, 0) is 9.84 Å². The van der Waals surface area contributed by atoms with Gasteiger partial charge < -0.3 is 19.3 Å². The molecule has 0 amide bonds. The van der Waals surface area contributed by atoms with Crippen molar-refractivity contribution in [1.29, 1.82) is 0 Å². The van der Waals surface area contributed by atoms with Crippen molar-refractivity contribution in [3.05, 3.63) is 194 Å². The van der Waals surface area contributed by atoms with Crippen molar-refractivity contribution in [2.45, 2.75) is 9.79 Å². The van der Waals surface area contributed by atoms with Crippen LogP contribution in [0.5, 0.6) is 23.0 Å². The fourth-order valence-electron chi connectivity index (χ4n) is 8.76. The summed E-state index contributed by atoms with van der Waals surface area (Å²) in [6, 6.07) is 64.4. The van der Waals surface area contributed by atoms with Crippen LogP contribution in [0.4, 0.5) is 34.1 Å². The molecule has 56 heavy (non-hydrogen) atoms. The van der Waals surface area contributed by atoms with Crippen molar-refractivity contribution in [3.63, 3.8) is 0 Å². The Morgan fingerprint density at radius 2 is 0.696 bits per heavy atom. The van der Waals surface area contributed by atoms with Gasteiger partial charge in [0.15, 0.2) is 23.0 Å². The Hall–Kier alpha value is -6.87. The Morgan fingerprint density at radius 1 is 0.375 bits per heavy atom. The Labute approximate surface area is 326 Å². The van der Waals surface area contributed by atoms with E-state index in [-0.39, 0.29) is 0 Å². The molecule has 11 rings (SSSR count). The molecule has 8 aromatic rings. The maximum absolute atomic E-state index is 15.6. The highest BCUT2D eigenvalue weighted by molar-refractivity contribution is 7.92. The van der Waals surface area contributed by atoms with Crippen LogP contribution >= 0.6 is 0 Å². The fourth-order valence-corrected chi connectivity index (χ4v) is 16.8. The van der Waals surface area contributed by atoms with E-state index in [9.17, 15) is 0 Å². The van der Waals surface area contributed by atoms with Crippen LogP contribution in [0.15, 0.2) is 204 Å². The van der Waals surface area contributed by atoms with E-state index in [2.05, 4.69) is 82.6 Å². The van der Waals surface area contributed by atoms with Gasteiger partial charge in [-0.2, -0.15) is 20.7 Å². The van der Waals surface area contributed by atoms with Crippen molar-refractivity contribution in [2.75, 3.05) is 9.80 Å². The number of hydrogen-bond donors (Lipinski definition) is 0. The molecule has 0 aliphatic carbocycles. The third kappa shape index (κ3) is 4.63. The summed E-state index contributed by atoms with van der Waals surface area (Å²) >= 11 is 0. The molecule has 0 spiro atoms. The van der Waals surface area contributed by atoms with Crippen LogP contribution in [-0.4, -0.2) is 16.5 Å². The van der Waals surface area contributed by atoms with E-state index < -0.39 is 17.9 Å². The van der Waals surface area contributed by atoms with E-state index in [0.717, 1.165) is 54.9 Å². The molecule has 3 aliphatic heterocycles. The smallest absolute Gasteiger partial charge is 0.201 e.